The molecule has 2 aromatic heterocycles. The lowest BCUT2D eigenvalue weighted by atomic mass is 10.0. The van der Waals surface area contributed by atoms with Gasteiger partial charge in [-0.1, -0.05) is 20.3 Å². The third-order valence-electron chi connectivity index (χ3n) is 4.03. The second-order valence-electron chi connectivity index (χ2n) is 5.44. The number of carbonyl (C=O) groups excluding carboxylic acids is 1. The van der Waals surface area contributed by atoms with Crippen LogP contribution in [0.25, 0.3) is 0 Å². The summed E-state index contributed by atoms with van der Waals surface area (Å²) in [6.45, 7) is 3.96. The predicted molar refractivity (Wildman–Crippen MR) is 84.5 cm³/mol. The Morgan fingerprint density at radius 2 is 2.13 bits per heavy atom. The number of nitrogens with one attached hydrogen (secondary N) is 2. The van der Waals surface area contributed by atoms with Crippen LogP contribution in [0.4, 0.5) is 11.5 Å². The van der Waals surface area contributed by atoms with Gasteiger partial charge in [0.2, 0.25) is 5.82 Å². The van der Waals surface area contributed by atoms with Crippen LogP contribution in [0.2, 0.25) is 0 Å². The van der Waals surface area contributed by atoms with E-state index in [0.29, 0.717) is 18.7 Å². The molecule has 8 heteroatoms. The van der Waals surface area contributed by atoms with Crippen molar-refractivity contribution in [2.75, 3.05) is 5.32 Å². The van der Waals surface area contributed by atoms with Gasteiger partial charge in [-0.2, -0.15) is 0 Å². The third kappa shape index (κ3) is 2.45. The number of amides is 1. The average Bonchev–Trinajstić information content (AvgIpc) is 2.85. The average molecular weight is 314 g/mol. The minimum Gasteiger partial charge on any atom is -0.334 e. The first-order valence-corrected chi connectivity index (χ1v) is 7.59. The van der Waals surface area contributed by atoms with Crippen LogP contribution in [0.3, 0.4) is 0 Å². The maximum Gasteiger partial charge on any atom is 0.289 e. The lowest BCUT2D eigenvalue weighted by Crippen LogP contribution is -2.47. The first-order valence-electron chi connectivity index (χ1n) is 7.59. The molecule has 0 saturated heterocycles. The van der Waals surface area contributed by atoms with Crippen LogP contribution in [0.5, 0.6) is 0 Å². The second-order valence-corrected chi connectivity index (χ2v) is 5.44. The van der Waals surface area contributed by atoms with Gasteiger partial charge >= 0.3 is 0 Å². The number of hydrogen-bond donors (Lipinski definition) is 2. The summed E-state index contributed by atoms with van der Waals surface area (Å²) in [5, 5.41) is 5.86. The maximum absolute atomic E-state index is 12.9. The number of carbonyl (C=O) groups is 1. The standard InChI is InChI=1S/C15H18N6O2/c1-3-6-15(4-2)20-13(22)12-17-8-10(14(23)21(12)15)19-11-5-7-16-9-18-11/h5,7-9H,3-4,6H2,1-2H3,(H,20,22)(H,16,18,19). The Hall–Kier alpha value is -2.77. The van der Waals surface area contributed by atoms with Crippen molar-refractivity contribution in [3.63, 3.8) is 0 Å². The van der Waals surface area contributed by atoms with E-state index in [1.807, 2.05) is 13.8 Å². The molecule has 3 heterocycles. The molecule has 1 atom stereocenters. The molecular formula is C15H18N6O2. The van der Waals surface area contributed by atoms with E-state index in [-0.39, 0.29) is 23.0 Å². The molecule has 1 aliphatic heterocycles. The Morgan fingerprint density at radius 1 is 1.30 bits per heavy atom. The van der Waals surface area contributed by atoms with Gasteiger partial charge < -0.3 is 10.6 Å². The quantitative estimate of drug-likeness (QED) is 0.864. The normalized spacial score (nSPS) is 19.3. The highest BCUT2D eigenvalue weighted by Gasteiger charge is 2.42. The summed E-state index contributed by atoms with van der Waals surface area (Å²) in [6, 6.07) is 1.65. The summed E-state index contributed by atoms with van der Waals surface area (Å²) in [7, 11) is 0. The molecule has 2 N–H and O–H groups in total. The molecule has 8 nitrogen and oxygen atoms in total. The number of fused-ring (bicyclic) bond motifs is 1. The van der Waals surface area contributed by atoms with Gasteiger partial charge in [-0.15, -0.1) is 0 Å². The molecule has 0 aliphatic carbocycles. The minimum atomic E-state index is -0.714. The first kappa shape index (κ1) is 15.1. The fraction of sp³-hybridized carbons (Fsp3) is 0.400. The Morgan fingerprint density at radius 3 is 2.78 bits per heavy atom. The summed E-state index contributed by atoms with van der Waals surface area (Å²) in [5.74, 6) is 0.332. The van der Waals surface area contributed by atoms with E-state index in [1.54, 1.807) is 12.3 Å². The van der Waals surface area contributed by atoms with Crippen molar-refractivity contribution in [2.24, 2.45) is 0 Å². The van der Waals surface area contributed by atoms with Gasteiger partial charge in [0.25, 0.3) is 11.5 Å². The monoisotopic (exact) mass is 314 g/mol. The minimum absolute atomic E-state index is 0.151. The Kier molecular flexibility index (Phi) is 3.81. The summed E-state index contributed by atoms with van der Waals surface area (Å²) < 4.78 is 1.47. The summed E-state index contributed by atoms with van der Waals surface area (Å²) in [4.78, 5) is 37.1. The highest BCUT2D eigenvalue weighted by atomic mass is 16.2. The molecule has 1 amide bonds. The molecule has 0 spiro atoms. The van der Waals surface area contributed by atoms with E-state index in [1.165, 1.54) is 17.1 Å². The van der Waals surface area contributed by atoms with Gasteiger partial charge in [0, 0.05) is 6.20 Å². The van der Waals surface area contributed by atoms with Crippen LogP contribution in [-0.4, -0.2) is 25.4 Å². The van der Waals surface area contributed by atoms with Crippen LogP contribution in [-0.2, 0) is 5.66 Å². The van der Waals surface area contributed by atoms with E-state index in [9.17, 15) is 9.59 Å². The van der Waals surface area contributed by atoms with Gasteiger partial charge in [0.15, 0.2) is 0 Å². The second kappa shape index (κ2) is 5.79. The van der Waals surface area contributed by atoms with Crippen LogP contribution >= 0.6 is 0 Å². The van der Waals surface area contributed by atoms with Crippen molar-refractivity contribution in [2.45, 2.75) is 38.8 Å². The first-order chi connectivity index (χ1) is 11.1. The van der Waals surface area contributed by atoms with E-state index in [0.717, 1.165) is 6.42 Å². The topological polar surface area (TPSA) is 102 Å². The molecule has 0 saturated carbocycles. The van der Waals surface area contributed by atoms with Crippen molar-refractivity contribution in [1.29, 1.82) is 0 Å². The van der Waals surface area contributed by atoms with Crippen molar-refractivity contribution in [3.8, 4) is 0 Å². The van der Waals surface area contributed by atoms with Crippen LogP contribution in [0.15, 0.2) is 29.6 Å². The fourth-order valence-corrected chi connectivity index (χ4v) is 2.94. The van der Waals surface area contributed by atoms with E-state index < -0.39 is 5.66 Å². The maximum atomic E-state index is 12.9. The summed E-state index contributed by atoms with van der Waals surface area (Å²) in [6.07, 6.45) is 6.45. The predicted octanol–water partition coefficient (Wildman–Crippen LogP) is 1.38. The Balaban J connectivity index is 2.09. The molecule has 3 rings (SSSR count). The lowest BCUT2D eigenvalue weighted by Gasteiger charge is -2.29. The fourth-order valence-electron chi connectivity index (χ4n) is 2.94. The van der Waals surface area contributed by atoms with E-state index in [2.05, 4.69) is 25.6 Å². The molecule has 0 aromatic carbocycles. The van der Waals surface area contributed by atoms with Crippen molar-refractivity contribution in [3.05, 3.63) is 41.0 Å². The molecular weight excluding hydrogens is 296 g/mol. The number of aromatic nitrogens is 4. The van der Waals surface area contributed by atoms with E-state index >= 15 is 0 Å². The van der Waals surface area contributed by atoms with Crippen LogP contribution < -0.4 is 16.2 Å². The van der Waals surface area contributed by atoms with Crippen molar-refractivity contribution < 1.29 is 4.79 Å². The summed E-state index contributed by atoms with van der Waals surface area (Å²) >= 11 is 0. The number of hydrogen-bond acceptors (Lipinski definition) is 6. The van der Waals surface area contributed by atoms with Gasteiger partial charge in [-0.25, -0.2) is 15.0 Å². The number of anilines is 2. The zero-order valence-corrected chi connectivity index (χ0v) is 13.0. The Bertz CT molecular complexity index is 788. The molecule has 120 valence electrons. The van der Waals surface area contributed by atoms with Crippen molar-refractivity contribution in [1.82, 2.24) is 24.8 Å². The highest BCUT2D eigenvalue weighted by Crippen LogP contribution is 2.29. The lowest BCUT2D eigenvalue weighted by molar-refractivity contribution is 0.0903. The number of nitrogens with zero attached hydrogens (tertiary/aromatic N) is 4. The zero-order chi connectivity index (χ0) is 16.4. The van der Waals surface area contributed by atoms with Crippen LogP contribution in [0, 0.1) is 0 Å². The third-order valence-corrected chi connectivity index (χ3v) is 4.03. The van der Waals surface area contributed by atoms with Gasteiger partial charge in [-0.3, -0.25) is 14.2 Å². The number of rotatable bonds is 5. The van der Waals surface area contributed by atoms with Gasteiger partial charge in [0.1, 0.15) is 23.5 Å². The van der Waals surface area contributed by atoms with E-state index in [4.69, 9.17) is 0 Å². The molecule has 0 fully saturated rings. The van der Waals surface area contributed by atoms with Crippen molar-refractivity contribution >= 4 is 17.4 Å². The molecule has 1 aliphatic rings. The molecule has 1 unspecified atom stereocenters. The zero-order valence-electron chi connectivity index (χ0n) is 13.0. The molecule has 23 heavy (non-hydrogen) atoms. The highest BCUT2D eigenvalue weighted by molar-refractivity contribution is 5.93. The van der Waals surface area contributed by atoms with Gasteiger partial charge in [0.05, 0.1) is 6.20 Å². The smallest absolute Gasteiger partial charge is 0.289 e. The summed E-state index contributed by atoms with van der Waals surface area (Å²) in [5.41, 5.74) is -0.727. The molecule has 0 bridgehead atoms. The Labute approximate surface area is 133 Å². The molecule has 0 radical (unpaired) electrons. The molecule has 2 aromatic rings. The van der Waals surface area contributed by atoms with Crippen LogP contribution in [0.1, 0.15) is 43.7 Å². The SMILES string of the molecule is CCCC1(CC)NC(=O)c2ncc(Nc3ccncn3)c(=O)n21. The van der Waals surface area contributed by atoms with Gasteiger partial charge in [-0.05, 0) is 18.9 Å². The largest absolute Gasteiger partial charge is 0.334 e.